The largest absolute Gasteiger partial charge is 0.476 e. The molecule has 0 aromatic carbocycles. The second-order valence-electron chi connectivity index (χ2n) is 6.23. The van der Waals surface area contributed by atoms with Gasteiger partial charge in [-0.15, -0.1) is 0 Å². The molecule has 0 radical (unpaired) electrons. The van der Waals surface area contributed by atoms with E-state index >= 15 is 0 Å². The summed E-state index contributed by atoms with van der Waals surface area (Å²) in [4.78, 5) is 8.43. The normalized spacial score (nSPS) is 22.3. The van der Waals surface area contributed by atoms with Crippen LogP contribution >= 0.6 is 0 Å². The first-order valence-electron chi connectivity index (χ1n) is 8.13. The minimum absolute atomic E-state index is 0.440. The highest BCUT2D eigenvalue weighted by Gasteiger charge is 2.28. The number of hydrogen-bond donors (Lipinski definition) is 2. The number of ether oxygens (including phenoxy) is 1. The topological polar surface area (TPSA) is 73.1 Å². The third-order valence-electron chi connectivity index (χ3n) is 4.29. The smallest absolute Gasteiger partial charge is 0.242 e. The Morgan fingerprint density at radius 2 is 2.10 bits per heavy atom. The molecular formula is C16H28N4O. The van der Waals surface area contributed by atoms with E-state index in [2.05, 4.69) is 36.1 Å². The third-order valence-corrected chi connectivity index (χ3v) is 4.29. The molecule has 5 nitrogen and oxygen atoms in total. The number of hydrogen-bond acceptors (Lipinski definition) is 5. The molecule has 1 aromatic heterocycles. The molecule has 0 saturated heterocycles. The minimum atomic E-state index is 0.440. The Bertz CT molecular complexity index is 450. The first-order chi connectivity index (χ1) is 10.1. The molecule has 3 N–H and O–H groups in total. The lowest BCUT2D eigenvalue weighted by Crippen LogP contribution is -2.35. The molecule has 0 amide bonds. The molecule has 2 unspecified atom stereocenters. The van der Waals surface area contributed by atoms with E-state index in [-0.39, 0.29) is 0 Å². The van der Waals surface area contributed by atoms with Crippen LogP contribution in [0, 0.1) is 11.8 Å². The highest BCUT2D eigenvalue weighted by molar-refractivity contribution is 5.66. The van der Waals surface area contributed by atoms with Gasteiger partial charge in [0.15, 0.2) is 5.82 Å². The van der Waals surface area contributed by atoms with Crippen molar-refractivity contribution in [3.8, 4) is 5.88 Å². The van der Waals surface area contributed by atoms with Crippen molar-refractivity contribution in [2.45, 2.75) is 58.9 Å². The van der Waals surface area contributed by atoms with Crippen LogP contribution in [0.4, 0.5) is 11.5 Å². The van der Waals surface area contributed by atoms with Crippen LogP contribution < -0.4 is 15.8 Å². The van der Waals surface area contributed by atoms with Crippen LogP contribution in [-0.4, -0.2) is 22.6 Å². The van der Waals surface area contributed by atoms with Crippen LogP contribution in [0.2, 0.25) is 0 Å². The van der Waals surface area contributed by atoms with E-state index in [0.717, 1.165) is 6.42 Å². The van der Waals surface area contributed by atoms with Gasteiger partial charge in [-0.3, -0.25) is 0 Å². The zero-order valence-corrected chi connectivity index (χ0v) is 13.4. The Kier molecular flexibility index (Phi) is 5.65. The summed E-state index contributed by atoms with van der Waals surface area (Å²) in [6.45, 7) is 7.28. The fourth-order valence-electron chi connectivity index (χ4n) is 3.12. The molecule has 5 heteroatoms. The number of nitrogens with zero attached hydrogens (tertiary/aromatic N) is 2. The summed E-state index contributed by atoms with van der Waals surface area (Å²) in [6.07, 6.45) is 7.51. The third kappa shape index (κ3) is 3.99. The van der Waals surface area contributed by atoms with Gasteiger partial charge in [0.2, 0.25) is 5.88 Å². The monoisotopic (exact) mass is 292 g/mol. The van der Waals surface area contributed by atoms with E-state index < -0.39 is 0 Å². The average Bonchev–Trinajstić information content (AvgIpc) is 2.48. The van der Waals surface area contributed by atoms with E-state index in [9.17, 15) is 0 Å². The van der Waals surface area contributed by atoms with Gasteiger partial charge in [0.05, 0.1) is 6.61 Å². The number of aromatic nitrogens is 2. The molecule has 1 fully saturated rings. The van der Waals surface area contributed by atoms with Gasteiger partial charge in [-0.1, -0.05) is 33.6 Å². The van der Waals surface area contributed by atoms with Crippen LogP contribution in [0.1, 0.15) is 52.9 Å². The molecule has 21 heavy (non-hydrogen) atoms. The zero-order valence-electron chi connectivity index (χ0n) is 13.4. The first-order valence-corrected chi connectivity index (χ1v) is 8.13. The van der Waals surface area contributed by atoms with Gasteiger partial charge in [0.25, 0.3) is 0 Å². The molecule has 118 valence electrons. The maximum Gasteiger partial charge on any atom is 0.242 e. The summed E-state index contributed by atoms with van der Waals surface area (Å²) in [7, 11) is 0. The number of rotatable bonds is 6. The molecule has 1 heterocycles. The van der Waals surface area contributed by atoms with Crippen molar-refractivity contribution in [1.29, 1.82) is 0 Å². The highest BCUT2D eigenvalue weighted by atomic mass is 16.5. The summed E-state index contributed by atoms with van der Waals surface area (Å²) < 4.78 is 5.57. The molecule has 2 rings (SSSR count). The van der Waals surface area contributed by atoms with E-state index in [4.69, 9.17) is 10.5 Å². The van der Waals surface area contributed by atoms with Crippen molar-refractivity contribution in [1.82, 2.24) is 9.97 Å². The van der Waals surface area contributed by atoms with E-state index in [1.165, 1.54) is 32.0 Å². The number of nitrogens with two attached hydrogens (primary N) is 1. The van der Waals surface area contributed by atoms with Gasteiger partial charge in [-0.25, -0.2) is 4.98 Å². The lowest BCUT2D eigenvalue weighted by Gasteiger charge is -2.35. The quantitative estimate of drug-likeness (QED) is 0.840. The summed E-state index contributed by atoms with van der Waals surface area (Å²) >= 11 is 0. The molecule has 1 aromatic rings. The minimum Gasteiger partial charge on any atom is -0.476 e. The standard InChI is InChI=1S/C16H28N4O/c1-4-9-21-16-14(17)15(18-10-19-16)20-13-8-6-5-7-12(13)11(2)3/h10-13H,4-9,17H2,1-3H3,(H,18,19,20). The van der Waals surface area contributed by atoms with E-state index in [0.29, 0.717) is 41.9 Å². The Balaban J connectivity index is 2.10. The Labute approximate surface area is 127 Å². The van der Waals surface area contributed by atoms with E-state index in [1.54, 1.807) is 0 Å². The van der Waals surface area contributed by atoms with Gasteiger partial charge in [0.1, 0.15) is 12.0 Å². The number of anilines is 2. The molecule has 1 aliphatic rings. The second kappa shape index (κ2) is 7.48. The molecular weight excluding hydrogens is 264 g/mol. The molecule has 0 bridgehead atoms. The lowest BCUT2D eigenvalue weighted by molar-refractivity contribution is 0.253. The van der Waals surface area contributed by atoms with Crippen molar-refractivity contribution >= 4 is 11.5 Å². The van der Waals surface area contributed by atoms with E-state index in [1.807, 2.05) is 0 Å². The molecule has 1 saturated carbocycles. The molecule has 0 spiro atoms. The van der Waals surface area contributed by atoms with Crippen molar-refractivity contribution < 1.29 is 4.74 Å². The van der Waals surface area contributed by atoms with Crippen LogP contribution in [0.15, 0.2) is 6.33 Å². The maximum absolute atomic E-state index is 6.15. The van der Waals surface area contributed by atoms with Crippen molar-refractivity contribution in [2.75, 3.05) is 17.7 Å². The summed E-state index contributed by atoms with van der Waals surface area (Å²) in [5.74, 6) is 2.55. The van der Waals surface area contributed by atoms with Crippen molar-refractivity contribution in [2.24, 2.45) is 11.8 Å². The maximum atomic E-state index is 6.15. The highest BCUT2D eigenvalue weighted by Crippen LogP contribution is 2.34. The Morgan fingerprint density at radius 3 is 2.81 bits per heavy atom. The Morgan fingerprint density at radius 1 is 1.33 bits per heavy atom. The Hall–Kier alpha value is -1.52. The SMILES string of the molecule is CCCOc1ncnc(NC2CCCCC2C(C)C)c1N. The lowest BCUT2D eigenvalue weighted by atomic mass is 9.78. The summed E-state index contributed by atoms with van der Waals surface area (Å²) in [5.41, 5.74) is 6.68. The van der Waals surface area contributed by atoms with Crippen LogP contribution in [-0.2, 0) is 0 Å². The van der Waals surface area contributed by atoms with Gasteiger partial charge in [-0.05, 0) is 31.1 Å². The van der Waals surface area contributed by atoms with Crippen LogP contribution in [0.3, 0.4) is 0 Å². The van der Waals surface area contributed by atoms with Gasteiger partial charge < -0.3 is 15.8 Å². The summed E-state index contributed by atoms with van der Waals surface area (Å²) in [6, 6.07) is 0.440. The number of nitrogens with one attached hydrogen (secondary N) is 1. The zero-order chi connectivity index (χ0) is 15.2. The van der Waals surface area contributed by atoms with Crippen molar-refractivity contribution in [3.63, 3.8) is 0 Å². The van der Waals surface area contributed by atoms with Gasteiger partial charge >= 0.3 is 0 Å². The van der Waals surface area contributed by atoms with Crippen LogP contribution in [0.5, 0.6) is 5.88 Å². The van der Waals surface area contributed by atoms with Gasteiger partial charge in [-0.2, -0.15) is 4.98 Å². The van der Waals surface area contributed by atoms with Gasteiger partial charge in [0, 0.05) is 6.04 Å². The number of nitrogen functional groups attached to an aromatic ring is 1. The summed E-state index contributed by atoms with van der Waals surface area (Å²) in [5, 5.41) is 3.54. The fourth-order valence-corrected chi connectivity index (χ4v) is 3.12. The molecule has 2 atom stereocenters. The average molecular weight is 292 g/mol. The molecule has 1 aliphatic carbocycles. The fraction of sp³-hybridized carbons (Fsp3) is 0.750. The predicted molar refractivity (Wildman–Crippen MR) is 86.4 cm³/mol. The predicted octanol–water partition coefficient (Wildman–Crippen LogP) is 3.47. The van der Waals surface area contributed by atoms with Crippen molar-refractivity contribution in [3.05, 3.63) is 6.33 Å². The van der Waals surface area contributed by atoms with Crippen LogP contribution in [0.25, 0.3) is 0 Å². The molecule has 0 aliphatic heterocycles. The second-order valence-corrected chi connectivity index (χ2v) is 6.23. The first kappa shape index (κ1) is 15.9.